The Morgan fingerprint density at radius 2 is 1.82 bits per heavy atom. The highest BCUT2D eigenvalue weighted by Gasteiger charge is 2.22. The van der Waals surface area contributed by atoms with Crippen molar-refractivity contribution in [3.63, 3.8) is 0 Å². The Morgan fingerprint density at radius 3 is 2.35 bits per heavy atom. The van der Waals surface area contributed by atoms with Crippen molar-refractivity contribution in [3.8, 4) is 0 Å². The van der Waals surface area contributed by atoms with Gasteiger partial charge in [-0.25, -0.2) is 14.1 Å². The van der Waals surface area contributed by atoms with E-state index in [1.165, 1.54) is 12.1 Å². The normalized spacial score (nSPS) is 14.6. The van der Waals surface area contributed by atoms with Crippen molar-refractivity contribution >= 4 is 0 Å². The first-order valence-corrected chi connectivity index (χ1v) is 5.84. The van der Waals surface area contributed by atoms with Crippen LogP contribution in [0.1, 0.15) is 32.3 Å². The summed E-state index contributed by atoms with van der Waals surface area (Å²) in [5, 5.41) is 4.30. The molecule has 0 saturated heterocycles. The Morgan fingerprint density at radius 1 is 1.24 bits per heavy atom. The van der Waals surface area contributed by atoms with E-state index in [4.69, 9.17) is 5.73 Å². The maximum Gasteiger partial charge on any atom is 0.126 e. The predicted octanol–water partition coefficient (Wildman–Crippen LogP) is 2.54. The molecule has 0 fully saturated rings. The number of unbranched alkanes of at least 4 members (excludes halogenated alkanes) is 1. The van der Waals surface area contributed by atoms with Crippen LogP contribution < -0.4 is 11.1 Å². The molecular weight excluding hydrogens is 222 g/mol. The van der Waals surface area contributed by atoms with Gasteiger partial charge in [0.15, 0.2) is 0 Å². The summed E-state index contributed by atoms with van der Waals surface area (Å²) in [5.74, 6) is -1.21. The summed E-state index contributed by atoms with van der Waals surface area (Å²) in [4.78, 5) is 0. The number of hydrogen-bond acceptors (Lipinski definition) is 1. The lowest BCUT2D eigenvalue weighted by atomic mass is 9.93. The maximum atomic E-state index is 13.1. The second kappa shape index (κ2) is 6.07. The first-order valence-electron chi connectivity index (χ1n) is 5.84. The summed E-state index contributed by atoms with van der Waals surface area (Å²) in [6.07, 6.45) is 2.08. The lowest BCUT2D eigenvalue weighted by Gasteiger charge is -2.25. The highest BCUT2D eigenvalue weighted by molar-refractivity contribution is 5.25. The molecule has 0 spiro atoms. The quantitative estimate of drug-likeness (QED) is 0.764. The molecule has 1 aromatic carbocycles. The van der Waals surface area contributed by atoms with Crippen LogP contribution in [0.5, 0.6) is 0 Å². The molecule has 1 atom stereocenters. The Bertz CT molecular complexity index is 344. The third-order valence-corrected chi connectivity index (χ3v) is 2.63. The van der Waals surface area contributed by atoms with Crippen LogP contribution in [-0.4, -0.2) is 13.1 Å². The largest absolute Gasteiger partial charge is 0.321 e. The SMILES string of the molecule is CCCC[N]CC(C)(N)c1cc(F)cc(F)c1. The predicted molar refractivity (Wildman–Crippen MR) is 64.7 cm³/mol. The van der Waals surface area contributed by atoms with E-state index in [0.717, 1.165) is 25.5 Å². The molecule has 2 nitrogen and oxygen atoms in total. The first kappa shape index (κ1) is 14.1. The van der Waals surface area contributed by atoms with Crippen LogP contribution in [0.3, 0.4) is 0 Å². The van der Waals surface area contributed by atoms with Crippen molar-refractivity contribution in [2.45, 2.75) is 32.2 Å². The van der Waals surface area contributed by atoms with Crippen molar-refractivity contribution in [2.75, 3.05) is 13.1 Å². The minimum atomic E-state index is -0.823. The summed E-state index contributed by atoms with van der Waals surface area (Å²) in [5.41, 5.74) is 5.65. The summed E-state index contributed by atoms with van der Waals surface area (Å²) in [6, 6.07) is 3.37. The molecule has 2 N–H and O–H groups in total. The Balaban J connectivity index is 2.67. The lowest BCUT2D eigenvalue weighted by molar-refractivity contribution is 0.432. The molecule has 0 saturated carbocycles. The second-order valence-corrected chi connectivity index (χ2v) is 4.53. The van der Waals surface area contributed by atoms with Gasteiger partial charge in [-0.1, -0.05) is 13.3 Å². The van der Waals surface area contributed by atoms with E-state index >= 15 is 0 Å². The average Bonchev–Trinajstić information content (AvgIpc) is 2.23. The van der Waals surface area contributed by atoms with Crippen LogP contribution >= 0.6 is 0 Å². The van der Waals surface area contributed by atoms with Gasteiger partial charge < -0.3 is 5.73 Å². The highest BCUT2D eigenvalue weighted by Crippen LogP contribution is 2.19. The number of halogens is 2. The van der Waals surface area contributed by atoms with Crippen molar-refractivity contribution in [1.82, 2.24) is 5.32 Å². The van der Waals surface area contributed by atoms with Gasteiger partial charge in [0.05, 0.1) is 5.54 Å². The zero-order valence-electron chi connectivity index (χ0n) is 10.3. The molecule has 0 aromatic heterocycles. The number of nitrogens with two attached hydrogens (primary N) is 1. The molecule has 0 bridgehead atoms. The summed E-state index contributed by atoms with van der Waals surface area (Å²) in [6.45, 7) is 4.92. The molecule has 0 amide bonds. The van der Waals surface area contributed by atoms with Crippen molar-refractivity contribution in [3.05, 3.63) is 35.4 Å². The summed E-state index contributed by atoms with van der Waals surface area (Å²) < 4.78 is 26.2. The maximum absolute atomic E-state index is 13.1. The van der Waals surface area contributed by atoms with E-state index in [2.05, 4.69) is 12.2 Å². The average molecular weight is 241 g/mol. The van der Waals surface area contributed by atoms with Gasteiger partial charge >= 0.3 is 0 Å². The Hall–Kier alpha value is -1.00. The number of rotatable bonds is 6. The van der Waals surface area contributed by atoms with E-state index in [1.807, 2.05) is 0 Å². The molecule has 0 aliphatic carbocycles. The fourth-order valence-electron chi connectivity index (χ4n) is 1.56. The molecule has 1 rings (SSSR count). The van der Waals surface area contributed by atoms with Crippen LogP contribution in [0.25, 0.3) is 0 Å². The zero-order chi connectivity index (χ0) is 12.9. The molecule has 4 heteroatoms. The van der Waals surface area contributed by atoms with Crippen LogP contribution in [0, 0.1) is 11.6 Å². The Kier molecular flexibility index (Phi) is 5.02. The lowest BCUT2D eigenvalue weighted by Crippen LogP contribution is -2.41. The fraction of sp³-hybridized carbons (Fsp3) is 0.538. The van der Waals surface area contributed by atoms with Gasteiger partial charge in [0.25, 0.3) is 0 Å². The van der Waals surface area contributed by atoms with Gasteiger partial charge in [0.2, 0.25) is 0 Å². The van der Waals surface area contributed by atoms with Crippen LogP contribution in [0.4, 0.5) is 8.78 Å². The van der Waals surface area contributed by atoms with Gasteiger partial charge in [0, 0.05) is 19.2 Å². The van der Waals surface area contributed by atoms with Crippen LogP contribution in [0.15, 0.2) is 18.2 Å². The fourth-order valence-corrected chi connectivity index (χ4v) is 1.56. The molecule has 0 heterocycles. The molecular formula is C13H19F2N2. The van der Waals surface area contributed by atoms with Gasteiger partial charge in [-0.15, -0.1) is 0 Å². The van der Waals surface area contributed by atoms with E-state index in [0.29, 0.717) is 12.1 Å². The Labute approximate surface area is 101 Å². The topological polar surface area (TPSA) is 40.1 Å². The number of benzene rings is 1. The number of nitrogens with zero attached hydrogens (tertiary/aromatic N) is 1. The molecule has 1 radical (unpaired) electrons. The molecule has 1 unspecified atom stereocenters. The molecule has 95 valence electrons. The smallest absolute Gasteiger partial charge is 0.126 e. The standard InChI is InChI=1S/C13H19F2N2/c1-3-4-5-17-9-13(2,16)10-6-11(14)8-12(15)7-10/h6-8H,3-5,9,16H2,1-2H3. The minimum absolute atomic E-state index is 0.371. The van der Waals surface area contributed by atoms with E-state index < -0.39 is 17.2 Å². The van der Waals surface area contributed by atoms with Crippen molar-refractivity contribution < 1.29 is 8.78 Å². The molecule has 0 aliphatic rings. The monoisotopic (exact) mass is 241 g/mol. The van der Waals surface area contributed by atoms with Crippen molar-refractivity contribution in [1.29, 1.82) is 0 Å². The van der Waals surface area contributed by atoms with Crippen LogP contribution in [0.2, 0.25) is 0 Å². The first-order chi connectivity index (χ1) is 7.95. The van der Waals surface area contributed by atoms with Gasteiger partial charge in [-0.05, 0) is 31.0 Å². The molecule has 17 heavy (non-hydrogen) atoms. The summed E-state index contributed by atoms with van der Waals surface area (Å²) >= 11 is 0. The second-order valence-electron chi connectivity index (χ2n) is 4.53. The minimum Gasteiger partial charge on any atom is -0.321 e. The zero-order valence-corrected chi connectivity index (χ0v) is 10.3. The number of hydrogen-bond donors (Lipinski definition) is 1. The van der Waals surface area contributed by atoms with Crippen molar-refractivity contribution in [2.24, 2.45) is 5.73 Å². The highest BCUT2D eigenvalue weighted by atomic mass is 19.1. The van der Waals surface area contributed by atoms with Crippen LogP contribution in [-0.2, 0) is 5.54 Å². The van der Waals surface area contributed by atoms with E-state index in [1.54, 1.807) is 6.92 Å². The third-order valence-electron chi connectivity index (χ3n) is 2.63. The van der Waals surface area contributed by atoms with Gasteiger partial charge in [-0.3, -0.25) is 0 Å². The molecule has 0 aliphatic heterocycles. The third kappa shape index (κ3) is 4.40. The van der Waals surface area contributed by atoms with Gasteiger partial charge in [-0.2, -0.15) is 0 Å². The summed E-state index contributed by atoms with van der Waals surface area (Å²) in [7, 11) is 0. The van der Waals surface area contributed by atoms with E-state index in [-0.39, 0.29) is 0 Å². The van der Waals surface area contributed by atoms with E-state index in [9.17, 15) is 8.78 Å². The molecule has 1 aromatic rings. The van der Waals surface area contributed by atoms with Gasteiger partial charge in [0.1, 0.15) is 11.6 Å².